The molecule has 12 heteroatoms. The van der Waals surface area contributed by atoms with E-state index in [4.69, 9.17) is 9.47 Å². The number of hydrogen-bond acceptors (Lipinski definition) is 9. The van der Waals surface area contributed by atoms with Gasteiger partial charge in [0.2, 0.25) is 11.8 Å². The Hall–Kier alpha value is -5.21. The van der Waals surface area contributed by atoms with Crippen molar-refractivity contribution in [3.8, 4) is 11.5 Å². The van der Waals surface area contributed by atoms with Crippen LogP contribution in [0.3, 0.4) is 0 Å². The summed E-state index contributed by atoms with van der Waals surface area (Å²) >= 11 is 2.05. The predicted octanol–water partition coefficient (Wildman–Crippen LogP) is 6.34. The number of hydrogen-bond donors (Lipinski definition) is 2. The van der Waals surface area contributed by atoms with Crippen LogP contribution < -0.4 is 20.0 Å². The Balaban J connectivity index is 1.18. The average Bonchev–Trinajstić information content (AvgIpc) is 3.61. The minimum atomic E-state index is -1.43. The minimum Gasteiger partial charge on any atom is -0.504 e. The first-order valence-electron chi connectivity index (χ1n) is 19.0. The highest BCUT2D eigenvalue weighted by Gasteiger charge is 2.70. The molecule has 2 N–H and O–H groups in total. The van der Waals surface area contributed by atoms with Crippen molar-refractivity contribution in [2.24, 2.45) is 23.7 Å². The van der Waals surface area contributed by atoms with Gasteiger partial charge in [-0.15, -0.1) is 0 Å². The smallest absolute Gasteiger partial charge is 0.260 e. The quantitative estimate of drug-likeness (QED) is 0.124. The van der Waals surface area contributed by atoms with Gasteiger partial charge in [0, 0.05) is 24.7 Å². The first-order valence-corrected chi connectivity index (χ1v) is 20.1. The molecule has 0 unspecified atom stereocenters. The van der Waals surface area contributed by atoms with Crippen molar-refractivity contribution in [1.29, 1.82) is 0 Å². The van der Waals surface area contributed by atoms with Gasteiger partial charge in [0.1, 0.15) is 0 Å². The Morgan fingerprint density at radius 1 is 0.857 bits per heavy atom. The van der Waals surface area contributed by atoms with E-state index in [1.807, 2.05) is 97.9 Å². The molecule has 286 valence electrons. The first-order chi connectivity index (χ1) is 27.1. The number of allylic oxidation sites excluding steroid dienone is 2. The normalized spacial score (nSPS) is 27.2. The van der Waals surface area contributed by atoms with E-state index in [-0.39, 0.29) is 29.7 Å². The number of morpholine rings is 1. The van der Waals surface area contributed by atoms with Gasteiger partial charge in [-0.2, -0.15) is 5.01 Å². The lowest BCUT2D eigenvalue weighted by Gasteiger charge is -2.50. The molecule has 6 atom stereocenters. The van der Waals surface area contributed by atoms with E-state index in [9.17, 15) is 19.5 Å². The Kier molecular flexibility index (Phi) is 9.15. The molecule has 5 aliphatic rings. The highest BCUT2D eigenvalue weighted by atomic mass is 127. The molecular weight excluding hydrogens is 823 g/mol. The summed E-state index contributed by atoms with van der Waals surface area (Å²) in [5.74, 6) is -4.71. The molecule has 0 radical (unpaired) electrons. The van der Waals surface area contributed by atoms with Crippen LogP contribution in [-0.4, -0.2) is 67.2 Å². The molecule has 0 aromatic heterocycles. The van der Waals surface area contributed by atoms with Crippen molar-refractivity contribution in [3.63, 3.8) is 0 Å². The van der Waals surface area contributed by atoms with E-state index in [1.165, 1.54) is 12.0 Å². The number of hydrazine groups is 1. The van der Waals surface area contributed by atoms with Crippen LogP contribution in [0, 0.1) is 34.2 Å². The molecule has 3 saturated heterocycles. The largest absolute Gasteiger partial charge is 0.504 e. The Morgan fingerprint density at radius 2 is 1.55 bits per heavy atom. The van der Waals surface area contributed by atoms with E-state index in [0.29, 0.717) is 45.7 Å². The molecule has 11 nitrogen and oxygen atoms in total. The lowest BCUT2D eigenvalue weighted by molar-refractivity contribution is -0.138. The number of methoxy groups -OCH3 is 1. The molecule has 0 spiro atoms. The summed E-state index contributed by atoms with van der Waals surface area (Å²) in [5.41, 5.74) is 7.00. The maximum atomic E-state index is 15.4. The van der Waals surface area contributed by atoms with Crippen molar-refractivity contribution >= 4 is 63.3 Å². The molecule has 2 aliphatic carbocycles. The zero-order valence-corrected chi connectivity index (χ0v) is 33.1. The summed E-state index contributed by atoms with van der Waals surface area (Å²) in [7, 11) is 1.47. The van der Waals surface area contributed by atoms with Crippen LogP contribution in [-0.2, 0) is 29.3 Å². The Morgan fingerprint density at radius 3 is 2.25 bits per heavy atom. The number of ether oxygens (including phenoxy) is 2. The average molecular weight is 865 g/mol. The summed E-state index contributed by atoms with van der Waals surface area (Å²) in [5, 5.41) is 12.1. The van der Waals surface area contributed by atoms with Gasteiger partial charge >= 0.3 is 0 Å². The van der Waals surface area contributed by atoms with Crippen molar-refractivity contribution in [1.82, 2.24) is 5.01 Å². The number of benzene rings is 4. The van der Waals surface area contributed by atoms with Gasteiger partial charge in [0.25, 0.3) is 11.8 Å². The molecule has 0 bridgehead atoms. The second-order valence-corrected chi connectivity index (χ2v) is 16.4. The molecule has 1 saturated carbocycles. The van der Waals surface area contributed by atoms with Gasteiger partial charge in [-0.25, -0.2) is 0 Å². The van der Waals surface area contributed by atoms with E-state index in [1.54, 1.807) is 6.07 Å². The number of fused-ring (bicyclic) bond motifs is 4. The van der Waals surface area contributed by atoms with Gasteiger partial charge in [0.05, 0.1) is 58.4 Å². The lowest BCUT2D eigenvalue weighted by atomic mass is 9.49. The summed E-state index contributed by atoms with van der Waals surface area (Å²) < 4.78 is 11.7. The van der Waals surface area contributed by atoms with E-state index >= 15 is 4.79 Å². The topological polar surface area (TPSA) is 129 Å². The second kappa shape index (κ2) is 14.1. The molecule has 3 heterocycles. The fourth-order valence-corrected chi connectivity index (χ4v) is 10.6. The predicted molar refractivity (Wildman–Crippen MR) is 218 cm³/mol. The van der Waals surface area contributed by atoms with Crippen molar-refractivity contribution < 1.29 is 33.8 Å². The number of nitrogens with zero attached hydrogens (tertiary/aromatic N) is 3. The minimum absolute atomic E-state index is 0.0319. The number of halogens is 1. The Bertz CT molecular complexity index is 2270. The van der Waals surface area contributed by atoms with Crippen LogP contribution in [0.2, 0.25) is 0 Å². The van der Waals surface area contributed by atoms with Crippen LogP contribution in [0.15, 0.2) is 103 Å². The number of phenols is 1. The Labute approximate surface area is 338 Å². The van der Waals surface area contributed by atoms with Gasteiger partial charge in [-0.05, 0) is 108 Å². The maximum absolute atomic E-state index is 15.4. The first kappa shape index (κ1) is 36.4. The second-order valence-electron chi connectivity index (χ2n) is 15.3. The fraction of sp³-hybridized carbons (Fsp3) is 0.318. The zero-order valence-electron chi connectivity index (χ0n) is 31.0. The number of anilines is 3. The van der Waals surface area contributed by atoms with Gasteiger partial charge in [-0.1, -0.05) is 59.7 Å². The van der Waals surface area contributed by atoms with Crippen LogP contribution in [0.5, 0.6) is 11.5 Å². The summed E-state index contributed by atoms with van der Waals surface area (Å²) in [6.07, 6.45) is 2.52. The van der Waals surface area contributed by atoms with Gasteiger partial charge in [-0.3, -0.25) is 29.5 Å². The van der Waals surface area contributed by atoms with Crippen molar-refractivity contribution in [2.75, 3.05) is 48.6 Å². The van der Waals surface area contributed by atoms with Crippen molar-refractivity contribution in [3.05, 3.63) is 123 Å². The third-order valence-corrected chi connectivity index (χ3v) is 13.3. The monoisotopic (exact) mass is 864 g/mol. The fourth-order valence-electron chi connectivity index (χ4n) is 9.93. The maximum Gasteiger partial charge on any atom is 0.260 e. The molecule has 4 amide bonds. The summed E-state index contributed by atoms with van der Waals surface area (Å²) in [6.45, 7) is 4.77. The van der Waals surface area contributed by atoms with Crippen LogP contribution >= 0.6 is 22.6 Å². The number of carbonyl (C=O) groups excluding carboxylic acids is 4. The number of aryl methyl sites for hydroxylation is 1. The number of nitrogens with one attached hydrogen (secondary N) is 1. The molecule has 56 heavy (non-hydrogen) atoms. The molecule has 3 aliphatic heterocycles. The third-order valence-electron chi connectivity index (χ3n) is 12.5. The highest BCUT2D eigenvalue weighted by Crippen LogP contribution is 2.64. The van der Waals surface area contributed by atoms with Crippen LogP contribution in [0.25, 0.3) is 0 Å². The molecule has 4 aromatic carbocycles. The number of imide groups is 2. The molecule has 4 fully saturated rings. The van der Waals surface area contributed by atoms with Gasteiger partial charge < -0.3 is 19.5 Å². The van der Waals surface area contributed by atoms with E-state index in [0.717, 1.165) is 34.9 Å². The number of carbonyl (C=O) groups is 4. The van der Waals surface area contributed by atoms with Crippen molar-refractivity contribution in [2.45, 2.75) is 31.1 Å². The molecule has 9 rings (SSSR count). The number of phenolic OH excluding ortho intramolecular Hbond substituents is 1. The van der Waals surface area contributed by atoms with E-state index < -0.39 is 46.8 Å². The van der Waals surface area contributed by atoms with Crippen LogP contribution in [0.4, 0.5) is 17.1 Å². The summed E-state index contributed by atoms with van der Waals surface area (Å²) in [6, 6.07) is 28.0. The summed E-state index contributed by atoms with van der Waals surface area (Å²) in [4.78, 5) is 63.0. The third kappa shape index (κ3) is 5.54. The van der Waals surface area contributed by atoms with E-state index in [2.05, 4.69) is 32.9 Å². The molecular formula is C44H41IN4O7. The number of rotatable bonds is 7. The number of amides is 4. The zero-order chi connectivity index (χ0) is 38.9. The number of aromatic hydroxyl groups is 1. The SMILES string of the molecule is COc1cc([C@H]2C3=CC[C@@H]4C(=O)N(c5ccc(N6CCOCC6)cc5)C(=O)[C@@H]4[C@@H]3C[C@H]3C(=O)N(Nc4ccc(C)cc4)C(=O)[C@@]23c2ccccc2)cc(I)c1O. The van der Waals surface area contributed by atoms with Gasteiger partial charge in [0.15, 0.2) is 11.5 Å². The van der Waals surface area contributed by atoms with Crippen LogP contribution in [0.1, 0.15) is 35.4 Å². The molecule has 4 aromatic rings. The lowest BCUT2D eigenvalue weighted by Crippen LogP contribution is -2.53. The standard InChI is InChI=1S/C44H41IN4O7/c1-25-8-10-28(11-9-25)46-49-41(52)34-24-33-31(38(26-22-35(45)39(50)36(23-26)55-2)44(34,43(49)54)27-6-4-3-5-7-27)16-17-32-37(33)42(53)48(40(32)51)30-14-12-29(13-15-30)47-18-20-56-21-19-47/h3-16,22-23,32-34,37-38,46,50H,17-21,24H2,1-2H3/t32-,33+,34-,37-,38-,44+/m0/s1. The highest BCUT2D eigenvalue weighted by molar-refractivity contribution is 14.1.